The normalized spacial score (nSPS) is 22.1. The monoisotopic (exact) mass is 377 g/mol. The molecule has 1 fully saturated rings. The summed E-state index contributed by atoms with van der Waals surface area (Å²) in [6.07, 6.45) is 2.19. The molecule has 1 aromatic heterocycles. The van der Waals surface area contributed by atoms with Gasteiger partial charge < -0.3 is 15.0 Å². The van der Waals surface area contributed by atoms with Gasteiger partial charge in [0.1, 0.15) is 11.8 Å². The number of carbonyl (C=O) groups excluding carboxylic acids is 1. The van der Waals surface area contributed by atoms with Crippen molar-refractivity contribution in [3.05, 3.63) is 41.5 Å². The molecule has 1 amide bonds. The van der Waals surface area contributed by atoms with Crippen molar-refractivity contribution in [2.75, 3.05) is 13.7 Å². The highest BCUT2D eigenvalue weighted by Gasteiger charge is 2.35. The van der Waals surface area contributed by atoms with Crippen LogP contribution in [-0.4, -0.2) is 39.2 Å². The van der Waals surface area contributed by atoms with Crippen LogP contribution in [0.1, 0.15) is 49.1 Å². The Bertz CT molecular complexity index is 770. The number of methoxy groups -OCH3 is 1. The number of benzene rings is 1. The number of halogens is 1. The fourth-order valence-corrected chi connectivity index (χ4v) is 3.72. The summed E-state index contributed by atoms with van der Waals surface area (Å²) in [5.41, 5.74) is 1.08. The van der Waals surface area contributed by atoms with Gasteiger partial charge in [0.2, 0.25) is 5.91 Å². The van der Waals surface area contributed by atoms with Crippen LogP contribution in [0.15, 0.2) is 24.3 Å². The third kappa shape index (κ3) is 3.29. The zero-order valence-corrected chi connectivity index (χ0v) is 15.8. The summed E-state index contributed by atoms with van der Waals surface area (Å²) in [6, 6.07) is 7.76. The van der Waals surface area contributed by atoms with Gasteiger partial charge in [-0.25, -0.2) is 0 Å². The van der Waals surface area contributed by atoms with E-state index in [4.69, 9.17) is 4.74 Å². The fourth-order valence-electron chi connectivity index (χ4n) is 3.72. The molecule has 2 aliphatic rings. The molecule has 0 unspecified atom stereocenters. The van der Waals surface area contributed by atoms with Gasteiger partial charge in [0.25, 0.3) is 0 Å². The Morgan fingerprint density at radius 1 is 1.27 bits per heavy atom. The van der Waals surface area contributed by atoms with E-state index in [2.05, 4.69) is 15.5 Å². The number of fused-ring (bicyclic) bond motifs is 1. The first kappa shape index (κ1) is 18.7. The van der Waals surface area contributed by atoms with Crippen molar-refractivity contribution in [3.8, 4) is 5.75 Å². The lowest BCUT2D eigenvalue weighted by Gasteiger charge is -2.32. The van der Waals surface area contributed by atoms with Gasteiger partial charge in [0.05, 0.1) is 19.7 Å². The zero-order valence-electron chi connectivity index (χ0n) is 15.0. The number of ether oxygens (including phenoxy) is 1. The molecule has 3 heterocycles. The topological polar surface area (TPSA) is 72.3 Å². The van der Waals surface area contributed by atoms with Gasteiger partial charge in [-0.2, -0.15) is 0 Å². The van der Waals surface area contributed by atoms with Gasteiger partial charge >= 0.3 is 0 Å². The van der Waals surface area contributed by atoms with E-state index in [1.165, 1.54) is 0 Å². The van der Waals surface area contributed by atoms with Gasteiger partial charge in [0.15, 0.2) is 11.6 Å². The van der Waals surface area contributed by atoms with Crippen molar-refractivity contribution in [3.63, 3.8) is 0 Å². The van der Waals surface area contributed by atoms with Crippen molar-refractivity contribution in [2.24, 2.45) is 0 Å². The van der Waals surface area contributed by atoms with Crippen LogP contribution in [0.5, 0.6) is 5.75 Å². The summed E-state index contributed by atoms with van der Waals surface area (Å²) < 4.78 is 7.21. The summed E-state index contributed by atoms with van der Waals surface area (Å²) in [4.78, 5) is 14.7. The minimum Gasteiger partial charge on any atom is -0.497 e. The zero-order chi connectivity index (χ0) is 17.4. The van der Waals surface area contributed by atoms with E-state index in [-0.39, 0.29) is 30.4 Å². The number of rotatable bonds is 4. The summed E-state index contributed by atoms with van der Waals surface area (Å²) in [7, 11) is 1.65. The van der Waals surface area contributed by atoms with E-state index in [0.717, 1.165) is 42.3 Å². The second-order valence-corrected chi connectivity index (χ2v) is 6.71. The van der Waals surface area contributed by atoms with E-state index < -0.39 is 0 Å². The number of nitrogens with zero attached hydrogens (tertiary/aromatic N) is 4. The maximum Gasteiger partial charge on any atom is 0.246 e. The largest absolute Gasteiger partial charge is 0.497 e. The smallest absolute Gasteiger partial charge is 0.246 e. The summed E-state index contributed by atoms with van der Waals surface area (Å²) in [6.45, 7) is 4.00. The molecule has 0 aliphatic carbocycles. The quantitative estimate of drug-likeness (QED) is 0.884. The third-order valence-electron chi connectivity index (χ3n) is 5.09. The Labute approximate surface area is 159 Å². The van der Waals surface area contributed by atoms with Gasteiger partial charge in [-0.15, -0.1) is 22.6 Å². The number of hydrogen-bond acceptors (Lipinski definition) is 5. The average Bonchev–Trinajstić information content (AvgIpc) is 3.29. The van der Waals surface area contributed by atoms with E-state index in [0.29, 0.717) is 13.1 Å². The molecule has 1 N–H and O–H groups in total. The minimum absolute atomic E-state index is 0. The molecule has 2 atom stereocenters. The maximum absolute atomic E-state index is 12.9. The SMILES string of the molecule is COc1ccc(CN2Cc3nnc([C@@H]4CCCN4)n3[C@@H](C)C2=O)cc1.Cl. The Balaban J connectivity index is 0.00000196. The molecule has 0 spiro atoms. The van der Waals surface area contributed by atoms with E-state index in [1.807, 2.05) is 40.7 Å². The highest BCUT2D eigenvalue weighted by Crippen LogP contribution is 2.29. The van der Waals surface area contributed by atoms with Crippen LogP contribution in [0.25, 0.3) is 0 Å². The number of aromatic nitrogens is 3. The van der Waals surface area contributed by atoms with E-state index >= 15 is 0 Å². The second-order valence-electron chi connectivity index (χ2n) is 6.71. The predicted octanol–water partition coefficient (Wildman–Crippen LogP) is 2.24. The van der Waals surface area contributed by atoms with Crippen LogP contribution in [-0.2, 0) is 17.9 Å². The molecule has 2 aliphatic heterocycles. The first-order chi connectivity index (χ1) is 12.2. The molecule has 1 saturated heterocycles. The van der Waals surface area contributed by atoms with Crippen LogP contribution in [0, 0.1) is 0 Å². The fraction of sp³-hybridized carbons (Fsp3) is 0.500. The molecule has 26 heavy (non-hydrogen) atoms. The van der Waals surface area contributed by atoms with Crippen LogP contribution in [0.4, 0.5) is 0 Å². The third-order valence-corrected chi connectivity index (χ3v) is 5.09. The lowest BCUT2D eigenvalue weighted by molar-refractivity contribution is -0.137. The summed E-state index contributed by atoms with van der Waals surface area (Å²) >= 11 is 0. The highest BCUT2D eigenvalue weighted by atomic mass is 35.5. The van der Waals surface area contributed by atoms with Crippen LogP contribution in [0.3, 0.4) is 0 Å². The van der Waals surface area contributed by atoms with Crippen molar-refractivity contribution >= 4 is 18.3 Å². The molecule has 2 aromatic rings. The molecule has 0 radical (unpaired) electrons. The van der Waals surface area contributed by atoms with Crippen LogP contribution >= 0.6 is 12.4 Å². The Kier molecular flexibility index (Phi) is 5.48. The second kappa shape index (κ2) is 7.63. The first-order valence-corrected chi connectivity index (χ1v) is 8.76. The standard InChI is InChI=1S/C18H23N5O2.ClH/c1-12-18(24)22(10-13-5-7-14(25-2)8-6-13)11-16-20-21-17(23(12)16)15-4-3-9-19-15;/h5-8,12,15,19H,3-4,9-11H2,1-2H3;1H/t12-,15-;/m0./s1. The highest BCUT2D eigenvalue weighted by molar-refractivity contribution is 5.85. The first-order valence-electron chi connectivity index (χ1n) is 8.76. The van der Waals surface area contributed by atoms with E-state index in [9.17, 15) is 4.79 Å². The molecular weight excluding hydrogens is 354 g/mol. The summed E-state index contributed by atoms with van der Waals surface area (Å²) in [5.74, 6) is 2.69. The van der Waals surface area contributed by atoms with Crippen molar-refractivity contribution in [2.45, 2.75) is 44.9 Å². The van der Waals surface area contributed by atoms with Gasteiger partial charge in [-0.1, -0.05) is 12.1 Å². The number of nitrogens with one attached hydrogen (secondary N) is 1. The van der Waals surface area contributed by atoms with E-state index in [1.54, 1.807) is 7.11 Å². The average molecular weight is 378 g/mol. The molecule has 140 valence electrons. The van der Waals surface area contributed by atoms with Crippen LogP contribution in [0.2, 0.25) is 0 Å². The Morgan fingerprint density at radius 2 is 2.04 bits per heavy atom. The maximum atomic E-state index is 12.9. The molecule has 0 saturated carbocycles. The molecule has 1 aromatic carbocycles. The molecule has 8 heteroatoms. The Morgan fingerprint density at radius 3 is 2.69 bits per heavy atom. The molecule has 0 bridgehead atoms. The lowest BCUT2D eigenvalue weighted by Crippen LogP contribution is -2.42. The van der Waals surface area contributed by atoms with Gasteiger partial charge in [-0.3, -0.25) is 9.36 Å². The summed E-state index contributed by atoms with van der Waals surface area (Å²) in [5, 5.41) is 12.2. The Hall–Kier alpha value is -2.12. The van der Waals surface area contributed by atoms with Gasteiger partial charge in [0, 0.05) is 6.54 Å². The molecular formula is C18H24ClN5O2. The van der Waals surface area contributed by atoms with Crippen molar-refractivity contribution in [1.82, 2.24) is 25.0 Å². The van der Waals surface area contributed by atoms with Crippen LogP contribution < -0.4 is 10.1 Å². The number of amides is 1. The lowest BCUT2D eigenvalue weighted by atomic mass is 10.1. The van der Waals surface area contributed by atoms with Crippen molar-refractivity contribution < 1.29 is 9.53 Å². The molecule has 7 nitrogen and oxygen atoms in total. The van der Waals surface area contributed by atoms with Crippen molar-refractivity contribution in [1.29, 1.82) is 0 Å². The number of hydrogen-bond donors (Lipinski definition) is 1. The predicted molar refractivity (Wildman–Crippen MR) is 99.2 cm³/mol. The minimum atomic E-state index is -0.269. The molecule has 4 rings (SSSR count). The number of carbonyl (C=O) groups is 1. The van der Waals surface area contributed by atoms with Gasteiger partial charge in [-0.05, 0) is 44.0 Å².